The van der Waals surface area contributed by atoms with E-state index in [0.717, 1.165) is 28.9 Å². The molecule has 0 spiro atoms. The fourth-order valence-corrected chi connectivity index (χ4v) is 2.68. The number of aromatic nitrogens is 2. The summed E-state index contributed by atoms with van der Waals surface area (Å²) >= 11 is 0. The molecule has 0 aliphatic rings. The molecule has 4 nitrogen and oxygen atoms in total. The van der Waals surface area contributed by atoms with Gasteiger partial charge in [0.1, 0.15) is 0 Å². The van der Waals surface area contributed by atoms with Gasteiger partial charge in [0.05, 0.1) is 18.0 Å². The molecule has 24 heavy (non-hydrogen) atoms. The van der Waals surface area contributed by atoms with Crippen LogP contribution in [0.2, 0.25) is 0 Å². The van der Waals surface area contributed by atoms with Crippen LogP contribution >= 0.6 is 0 Å². The second-order valence-electron chi connectivity index (χ2n) is 5.82. The Hall–Kier alpha value is -2.43. The van der Waals surface area contributed by atoms with E-state index in [-0.39, 0.29) is 12.6 Å². The highest BCUT2D eigenvalue weighted by atomic mass is 16.3. The van der Waals surface area contributed by atoms with Crippen molar-refractivity contribution in [3.05, 3.63) is 72.4 Å². The van der Waals surface area contributed by atoms with Crippen LogP contribution in [0.3, 0.4) is 0 Å². The van der Waals surface area contributed by atoms with Crippen LogP contribution in [0.5, 0.6) is 0 Å². The molecule has 2 N–H and O–H groups in total. The molecular weight excluding hydrogens is 298 g/mol. The minimum absolute atomic E-state index is 0.105. The normalized spacial score (nSPS) is 12.2. The fourth-order valence-electron chi connectivity index (χ4n) is 2.68. The Morgan fingerprint density at radius 3 is 2.33 bits per heavy atom. The van der Waals surface area contributed by atoms with E-state index < -0.39 is 0 Å². The quantitative estimate of drug-likeness (QED) is 0.701. The first-order chi connectivity index (χ1) is 11.8. The number of rotatable bonds is 7. The van der Waals surface area contributed by atoms with Crippen LogP contribution in [0, 0.1) is 0 Å². The Morgan fingerprint density at radius 2 is 1.71 bits per heavy atom. The van der Waals surface area contributed by atoms with E-state index >= 15 is 0 Å². The maximum atomic E-state index is 9.39. The molecule has 0 fully saturated rings. The highest BCUT2D eigenvalue weighted by Gasteiger charge is 2.13. The van der Waals surface area contributed by atoms with Gasteiger partial charge in [0.25, 0.3) is 0 Å². The van der Waals surface area contributed by atoms with Crippen LogP contribution in [0.15, 0.2) is 66.9 Å². The standard InChI is InChI=1S/C20H23N3O/c1-2-18(15-24)21-13-17-14-23(19-11-7-4-8-12-19)22-20(17)16-9-5-3-6-10-16/h3-12,14,18,21,24H,2,13,15H2,1H3/t18-/m1/s1. The van der Waals surface area contributed by atoms with Crippen molar-refractivity contribution in [2.45, 2.75) is 25.9 Å². The van der Waals surface area contributed by atoms with E-state index in [9.17, 15) is 5.11 Å². The highest BCUT2D eigenvalue weighted by Crippen LogP contribution is 2.23. The second-order valence-corrected chi connectivity index (χ2v) is 5.82. The smallest absolute Gasteiger partial charge is 0.0972 e. The largest absolute Gasteiger partial charge is 0.395 e. The molecule has 124 valence electrons. The number of para-hydroxylation sites is 1. The molecule has 0 aliphatic heterocycles. The van der Waals surface area contributed by atoms with Crippen molar-refractivity contribution >= 4 is 0 Å². The molecule has 1 atom stereocenters. The van der Waals surface area contributed by atoms with Gasteiger partial charge in [-0.1, -0.05) is 55.5 Å². The van der Waals surface area contributed by atoms with Gasteiger partial charge >= 0.3 is 0 Å². The van der Waals surface area contributed by atoms with Gasteiger partial charge < -0.3 is 10.4 Å². The predicted molar refractivity (Wildman–Crippen MR) is 97.0 cm³/mol. The van der Waals surface area contributed by atoms with Crippen LogP contribution in [-0.2, 0) is 6.54 Å². The van der Waals surface area contributed by atoms with Crippen LogP contribution in [-0.4, -0.2) is 27.5 Å². The predicted octanol–water partition coefficient (Wildman–Crippen LogP) is 3.40. The molecular formula is C20H23N3O. The molecule has 0 unspecified atom stereocenters. The monoisotopic (exact) mass is 321 g/mol. The summed E-state index contributed by atoms with van der Waals surface area (Å²) in [5.74, 6) is 0. The first-order valence-corrected chi connectivity index (χ1v) is 8.35. The number of aliphatic hydroxyl groups is 1. The molecule has 4 heteroatoms. The molecule has 0 amide bonds. The van der Waals surface area contributed by atoms with Gasteiger partial charge in [-0.2, -0.15) is 5.10 Å². The molecule has 0 saturated heterocycles. The first-order valence-electron chi connectivity index (χ1n) is 8.35. The van der Waals surface area contributed by atoms with E-state index in [1.807, 2.05) is 53.2 Å². The summed E-state index contributed by atoms with van der Waals surface area (Å²) in [4.78, 5) is 0. The van der Waals surface area contributed by atoms with Crippen LogP contribution in [0.1, 0.15) is 18.9 Å². The Morgan fingerprint density at radius 1 is 1.04 bits per heavy atom. The lowest BCUT2D eigenvalue weighted by Gasteiger charge is -2.13. The maximum absolute atomic E-state index is 9.39. The minimum atomic E-state index is 0.105. The van der Waals surface area contributed by atoms with E-state index in [0.29, 0.717) is 6.54 Å². The highest BCUT2D eigenvalue weighted by molar-refractivity contribution is 5.63. The SMILES string of the molecule is CC[C@H](CO)NCc1cn(-c2ccccc2)nc1-c1ccccc1. The number of benzene rings is 2. The Bertz CT molecular complexity index is 749. The number of hydrogen-bond donors (Lipinski definition) is 2. The molecule has 0 saturated carbocycles. The average Bonchev–Trinajstić information content (AvgIpc) is 3.08. The second kappa shape index (κ2) is 7.90. The molecule has 1 heterocycles. The summed E-state index contributed by atoms with van der Waals surface area (Å²) in [6.07, 6.45) is 2.96. The van der Waals surface area contributed by atoms with Crippen LogP contribution in [0.25, 0.3) is 16.9 Å². The minimum Gasteiger partial charge on any atom is -0.395 e. The van der Waals surface area contributed by atoms with Crippen molar-refractivity contribution < 1.29 is 5.11 Å². The first kappa shape index (κ1) is 16.4. The van der Waals surface area contributed by atoms with Gasteiger partial charge in [-0.15, -0.1) is 0 Å². The van der Waals surface area contributed by atoms with Crippen molar-refractivity contribution in [2.75, 3.05) is 6.61 Å². The summed E-state index contributed by atoms with van der Waals surface area (Å²) in [6.45, 7) is 2.89. The van der Waals surface area contributed by atoms with Gasteiger partial charge in [0.15, 0.2) is 0 Å². The third-order valence-corrected chi connectivity index (χ3v) is 4.15. The van der Waals surface area contributed by atoms with E-state index in [1.54, 1.807) is 0 Å². The van der Waals surface area contributed by atoms with Crippen molar-refractivity contribution in [2.24, 2.45) is 0 Å². The van der Waals surface area contributed by atoms with Gasteiger partial charge in [0, 0.05) is 29.9 Å². The van der Waals surface area contributed by atoms with Gasteiger partial charge in [-0.3, -0.25) is 0 Å². The summed E-state index contributed by atoms with van der Waals surface area (Å²) in [7, 11) is 0. The molecule has 0 bridgehead atoms. The summed E-state index contributed by atoms with van der Waals surface area (Å²) in [5.41, 5.74) is 4.23. The summed E-state index contributed by atoms with van der Waals surface area (Å²) in [6, 6.07) is 20.4. The third kappa shape index (κ3) is 3.72. The Balaban J connectivity index is 1.94. The zero-order chi connectivity index (χ0) is 16.8. The van der Waals surface area contributed by atoms with E-state index in [4.69, 9.17) is 5.10 Å². The Kier molecular flexibility index (Phi) is 5.41. The van der Waals surface area contributed by atoms with Gasteiger partial charge in [-0.05, 0) is 18.6 Å². The van der Waals surface area contributed by atoms with Crippen molar-refractivity contribution in [1.82, 2.24) is 15.1 Å². The lowest BCUT2D eigenvalue weighted by atomic mass is 10.1. The zero-order valence-electron chi connectivity index (χ0n) is 13.9. The van der Waals surface area contributed by atoms with Crippen molar-refractivity contribution in [1.29, 1.82) is 0 Å². The average molecular weight is 321 g/mol. The lowest BCUT2D eigenvalue weighted by molar-refractivity contribution is 0.238. The van der Waals surface area contributed by atoms with Crippen molar-refractivity contribution in [3.8, 4) is 16.9 Å². The van der Waals surface area contributed by atoms with Gasteiger partial charge in [0.2, 0.25) is 0 Å². The number of hydrogen-bond acceptors (Lipinski definition) is 3. The maximum Gasteiger partial charge on any atom is 0.0972 e. The molecule has 0 aliphatic carbocycles. The molecule has 0 radical (unpaired) electrons. The lowest BCUT2D eigenvalue weighted by Crippen LogP contribution is -2.31. The zero-order valence-corrected chi connectivity index (χ0v) is 13.9. The molecule has 3 rings (SSSR count). The Labute approximate surface area is 142 Å². The summed E-state index contributed by atoms with van der Waals surface area (Å²) < 4.78 is 1.92. The molecule has 3 aromatic rings. The third-order valence-electron chi connectivity index (χ3n) is 4.15. The van der Waals surface area contributed by atoms with E-state index in [2.05, 4.69) is 30.6 Å². The van der Waals surface area contributed by atoms with Crippen LogP contribution in [0.4, 0.5) is 0 Å². The topological polar surface area (TPSA) is 50.1 Å². The number of aliphatic hydroxyl groups excluding tert-OH is 1. The molecule has 1 aromatic heterocycles. The van der Waals surface area contributed by atoms with E-state index in [1.165, 1.54) is 0 Å². The van der Waals surface area contributed by atoms with Gasteiger partial charge in [-0.25, -0.2) is 4.68 Å². The van der Waals surface area contributed by atoms with Crippen LogP contribution < -0.4 is 5.32 Å². The summed E-state index contributed by atoms with van der Waals surface area (Å²) in [5, 5.41) is 17.6. The number of nitrogens with zero attached hydrogens (tertiary/aromatic N) is 2. The fraction of sp³-hybridized carbons (Fsp3) is 0.250. The molecule has 2 aromatic carbocycles. The van der Waals surface area contributed by atoms with Crippen molar-refractivity contribution in [3.63, 3.8) is 0 Å². The number of nitrogens with one attached hydrogen (secondary N) is 1.